The Morgan fingerprint density at radius 3 is 2.17 bits per heavy atom. The molecule has 2 N–H and O–H groups in total. The molecule has 248 valence electrons. The van der Waals surface area contributed by atoms with E-state index in [-0.39, 0.29) is 31.8 Å². The minimum atomic E-state index is -1.02. The lowest BCUT2D eigenvalue weighted by Gasteiger charge is -2.38. The summed E-state index contributed by atoms with van der Waals surface area (Å²) >= 11 is 0. The van der Waals surface area contributed by atoms with Crippen LogP contribution in [0.15, 0.2) is 109 Å². The van der Waals surface area contributed by atoms with E-state index < -0.39 is 30.2 Å². The molecule has 4 atom stereocenters. The Balaban J connectivity index is 1.12. The summed E-state index contributed by atoms with van der Waals surface area (Å²) in [5.41, 5.74) is 4.96. The minimum Gasteiger partial charge on any atom is -0.445 e. The van der Waals surface area contributed by atoms with E-state index in [4.69, 9.17) is 14.2 Å². The van der Waals surface area contributed by atoms with Crippen molar-refractivity contribution in [2.75, 3.05) is 18.5 Å². The molecule has 0 saturated carbocycles. The molecular formula is C38H39N3O7. The van der Waals surface area contributed by atoms with Gasteiger partial charge in [-0.2, -0.15) is 0 Å². The largest absolute Gasteiger partial charge is 0.445 e. The number of carbonyl (C=O) groups is 3. The molecule has 6 rings (SSSR count). The van der Waals surface area contributed by atoms with Gasteiger partial charge in [-0.3, -0.25) is 14.5 Å². The van der Waals surface area contributed by atoms with Crippen molar-refractivity contribution in [3.63, 3.8) is 0 Å². The molecular weight excluding hydrogens is 610 g/mol. The fourth-order valence-corrected chi connectivity index (χ4v) is 6.04. The van der Waals surface area contributed by atoms with Gasteiger partial charge in [-0.15, -0.1) is 0 Å². The number of nitrogens with zero attached hydrogens (tertiary/aromatic N) is 2. The van der Waals surface area contributed by atoms with E-state index in [1.165, 1.54) is 5.56 Å². The number of amides is 3. The smallest absolute Gasteiger partial charge is 0.408 e. The number of aliphatic hydroxyl groups excluding tert-OH is 1. The van der Waals surface area contributed by atoms with E-state index in [2.05, 4.69) is 29.4 Å². The van der Waals surface area contributed by atoms with Crippen LogP contribution in [0, 0.1) is 0 Å². The van der Waals surface area contributed by atoms with Crippen LogP contribution in [0.25, 0.3) is 0 Å². The third kappa shape index (κ3) is 8.15. The number of benzene rings is 4. The van der Waals surface area contributed by atoms with Crippen LogP contribution in [0.1, 0.15) is 53.1 Å². The summed E-state index contributed by atoms with van der Waals surface area (Å²) in [5.74, 6) is -0.943. The number of likely N-dealkylation sites (N-methyl/N-ethyl adjacent to an activating group) is 1. The second kappa shape index (κ2) is 15.4. The van der Waals surface area contributed by atoms with Gasteiger partial charge in [0.15, 0.2) is 6.29 Å². The molecule has 3 amide bonds. The zero-order valence-electron chi connectivity index (χ0n) is 26.7. The van der Waals surface area contributed by atoms with Crippen LogP contribution < -0.4 is 10.2 Å². The molecule has 2 saturated heterocycles. The zero-order chi connectivity index (χ0) is 33.5. The summed E-state index contributed by atoms with van der Waals surface area (Å²) < 4.78 is 18.2. The number of rotatable bonds is 11. The Kier molecular flexibility index (Phi) is 10.6. The van der Waals surface area contributed by atoms with Crippen molar-refractivity contribution in [2.24, 2.45) is 0 Å². The number of alkyl carbamates (subject to hydrolysis) is 1. The standard InChI is InChI=1S/C38H39N3O7/c1-40(22-26-8-4-2-5-9-26)23-32-20-34(29-14-12-27(24-42)13-15-29)48-37(47-32)30-16-18-31(19-17-30)41-35(43)21-33(36(41)44)39-38(45)46-25-28-10-6-3-7-11-28/h2-19,32-34,37,42H,20-25H2,1H3,(H,39,45). The maximum atomic E-state index is 13.2. The molecule has 2 aliphatic heterocycles. The van der Waals surface area contributed by atoms with Crippen molar-refractivity contribution in [3.05, 3.63) is 137 Å². The number of aliphatic hydroxyl groups is 1. The Morgan fingerprint density at radius 1 is 0.854 bits per heavy atom. The summed E-state index contributed by atoms with van der Waals surface area (Å²) in [6.45, 7) is 1.47. The first kappa shape index (κ1) is 33.0. The normalized spacial score (nSPS) is 21.0. The summed E-state index contributed by atoms with van der Waals surface area (Å²) in [6.07, 6.45) is -1.37. The molecule has 48 heavy (non-hydrogen) atoms. The number of imide groups is 1. The lowest BCUT2D eigenvalue weighted by Crippen LogP contribution is -2.42. The first-order valence-electron chi connectivity index (χ1n) is 16.0. The molecule has 0 spiro atoms. The minimum absolute atomic E-state index is 0.0338. The highest BCUT2D eigenvalue weighted by molar-refractivity contribution is 6.22. The predicted octanol–water partition coefficient (Wildman–Crippen LogP) is 5.41. The Hall–Kier alpha value is -4.87. The number of carbonyl (C=O) groups excluding carboxylic acids is 3. The average Bonchev–Trinajstić information content (AvgIpc) is 3.39. The summed E-state index contributed by atoms with van der Waals surface area (Å²) in [6, 6.07) is 33.1. The van der Waals surface area contributed by atoms with Crippen LogP contribution in [0.5, 0.6) is 0 Å². The molecule has 2 aliphatic rings. The van der Waals surface area contributed by atoms with Gasteiger partial charge in [0.2, 0.25) is 5.91 Å². The van der Waals surface area contributed by atoms with Gasteiger partial charge < -0.3 is 24.6 Å². The molecule has 2 heterocycles. The molecule has 0 radical (unpaired) electrons. The lowest BCUT2D eigenvalue weighted by atomic mass is 9.99. The van der Waals surface area contributed by atoms with E-state index in [1.54, 1.807) is 24.3 Å². The maximum Gasteiger partial charge on any atom is 0.408 e. The van der Waals surface area contributed by atoms with Gasteiger partial charge in [-0.1, -0.05) is 97.1 Å². The predicted molar refractivity (Wildman–Crippen MR) is 178 cm³/mol. The summed E-state index contributed by atoms with van der Waals surface area (Å²) in [5, 5.41) is 12.0. The van der Waals surface area contributed by atoms with Gasteiger partial charge >= 0.3 is 6.09 Å². The highest BCUT2D eigenvalue weighted by Crippen LogP contribution is 2.39. The first-order chi connectivity index (χ1) is 23.4. The van der Waals surface area contributed by atoms with E-state index in [1.807, 2.05) is 72.8 Å². The molecule has 0 bridgehead atoms. The van der Waals surface area contributed by atoms with Crippen LogP contribution in [0.2, 0.25) is 0 Å². The highest BCUT2D eigenvalue weighted by atomic mass is 16.7. The maximum absolute atomic E-state index is 13.2. The van der Waals surface area contributed by atoms with Crippen LogP contribution in [0.4, 0.5) is 10.5 Å². The highest BCUT2D eigenvalue weighted by Gasteiger charge is 2.41. The van der Waals surface area contributed by atoms with Crippen molar-refractivity contribution in [1.82, 2.24) is 10.2 Å². The third-order valence-corrected chi connectivity index (χ3v) is 8.50. The number of nitrogens with one attached hydrogen (secondary N) is 1. The fraction of sp³-hybridized carbons (Fsp3) is 0.289. The number of hydrogen-bond donors (Lipinski definition) is 2. The van der Waals surface area contributed by atoms with E-state index >= 15 is 0 Å². The lowest BCUT2D eigenvalue weighted by molar-refractivity contribution is -0.252. The molecule has 4 unspecified atom stereocenters. The molecule has 10 heteroatoms. The van der Waals surface area contributed by atoms with Gasteiger partial charge in [0.05, 0.1) is 30.9 Å². The van der Waals surface area contributed by atoms with Gasteiger partial charge in [-0.25, -0.2) is 9.69 Å². The van der Waals surface area contributed by atoms with Crippen molar-refractivity contribution < 1.29 is 33.7 Å². The van der Waals surface area contributed by atoms with Crippen LogP contribution in [-0.4, -0.2) is 53.7 Å². The van der Waals surface area contributed by atoms with Gasteiger partial charge in [0.25, 0.3) is 5.91 Å². The van der Waals surface area contributed by atoms with Gasteiger partial charge in [-0.05, 0) is 41.4 Å². The topological polar surface area (TPSA) is 118 Å². The quantitative estimate of drug-likeness (QED) is 0.207. The number of ether oxygens (including phenoxy) is 3. The Morgan fingerprint density at radius 2 is 1.50 bits per heavy atom. The van der Waals surface area contributed by atoms with Crippen molar-refractivity contribution in [1.29, 1.82) is 0 Å². The fourth-order valence-electron chi connectivity index (χ4n) is 6.04. The molecule has 2 fully saturated rings. The average molecular weight is 650 g/mol. The molecule has 4 aromatic rings. The van der Waals surface area contributed by atoms with Crippen molar-refractivity contribution in [3.8, 4) is 0 Å². The van der Waals surface area contributed by atoms with E-state index in [9.17, 15) is 19.5 Å². The second-order valence-corrected chi connectivity index (χ2v) is 12.2. The molecule has 4 aromatic carbocycles. The number of anilines is 1. The zero-order valence-corrected chi connectivity index (χ0v) is 26.7. The van der Waals surface area contributed by atoms with E-state index in [0.717, 1.165) is 33.7 Å². The molecule has 10 nitrogen and oxygen atoms in total. The Bertz CT molecular complexity index is 1680. The summed E-state index contributed by atoms with van der Waals surface area (Å²) in [4.78, 5) is 41.8. The van der Waals surface area contributed by atoms with E-state index in [0.29, 0.717) is 18.7 Å². The third-order valence-electron chi connectivity index (χ3n) is 8.50. The summed E-state index contributed by atoms with van der Waals surface area (Å²) in [7, 11) is 2.07. The van der Waals surface area contributed by atoms with Crippen LogP contribution in [-0.2, 0) is 43.6 Å². The van der Waals surface area contributed by atoms with Gasteiger partial charge in [0.1, 0.15) is 12.6 Å². The van der Waals surface area contributed by atoms with Crippen molar-refractivity contribution in [2.45, 2.75) is 57.1 Å². The molecule has 0 aromatic heterocycles. The first-order valence-corrected chi connectivity index (χ1v) is 16.0. The molecule has 0 aliphatic carbocycles. The van der Waals surface area contributed by atoms with Crippen LogP contribution in [0.3, 0.4) is 0 Å². The van der Waals surface area contributed by atoms with Crippen LogP contribution >= 0.6 is 0 Å². The SMILES string of the molecule is CN(Cc1ccccc1)CC1CC(c2ccc(CO)cc2)OC(c2ccc(N3C(=O)CC(NC(=O)OCc4ccccc4)C3=O)cc2)O1. The van der Waals surface area contributed by atoms with Gasteiger partial charge in [0, 0.05) is 25.1 Å². The second-order valence-electron chi connectivity index (χ2n) is 12.2. The monoisotopic (exact) mass is 649 g/mol. The number of hydrogen-bond acceptors (Lipinski definition) is 8. The Labute approximate surface area is 279 Å². The van der Waals surface area contributed by atoms with Crippen molar-refractivity contribution >= 4 is 23.6 Å².